The van der Waals surface area contributed by atoms with Gasteiger partial charge in [-0.15, -0.1) is 0 Å². The van der Waals surface area contributed by atoms with Gasteiger partial charge in [0, 0.05) is 0 Å². The van der Waals surface area contributed by atoms with Crippen LogP contribution in [0.15, 0.2) is 66.7 Å². The standard InChI is InChI=1S/C24H25I/c1-18-3-15-23(16-4-18)25(2)24-17-21-10-9-19-5-7-20(8-6-19)11-13-22(24)14-12-21/h3-8,12,14-17H,9-11,13H2,1-2H3. The fraction of sp³-hybridized carbons (Fsp3) is 0.250. The molecule has 0 unspecified atom stereocenters. The van der Waals surface area contributed by atoms with Crippen LogP contribution in [0.1, 0.15) is 27.8 Å². The number of benzene rings is 3. The van der Waals surface area contributed by atoms with E-state index in [0.29, 0.717) is 0 Å². The molecule has 0 aromatic heterocycles. The first-order valence-electron chi connectivity index (χ1n) is 9.05. The molecule has 0 atom stereocenters. The quantitative estimate of drug-likeness (QED) is 0.336. The van der Waals surface area contributed by atoms with Gasteiger partial charge in [0.05, 0.1) is 0 Å². The first-order valence-corrected chi connectivity index (χ1v) is 13.4. The Kier molecular flexibility index (Phi) is 4.93. The van der Waals surface area contributed by atoms with E-state index in [1.807, 2.05) is 0 Å². The van der Waals surface area contributed by atoms with E-state index in [4.69, 9.17) is 0 Å². The summed E-state index contributed by atoms with van der Waals surface area (Å²) in [5, 5.41) is 0. The van der Waals surface area contributed by atoms with Gasteiger partial charge in [-0.3, -0.25) is 0 Å². The second-order valence-electron chi connectivity index (χ2n) is 7.01. The van der Waals surface area contributed by atoms with Crippen LogP contribution in [0.5, 0.6) is 0 Å². The average Bonchev–Trinajstić information content (AvgIpc) is 2.64. The van der Waals surface area contributed by atoms with Gasteiger partial charge < -0.3 is 0 Å². The van der Waals surface area contributed by atoms with Crippen LogP contribution in [0.25, 0.3) is 0 Å². The predicted molar refractivity (Wildman–Crippen MR) is 116 cm³/mol. The molecule has 0 aliphatic heterocycles. The topological polar surface area (TPSA) is 0 Å². The number of hydrogen-bond donors (Lipinski definition) is 0. The summed E-state index contributed by atoms with van der Waals surface area (Å²) in [4.78, 5) is 2.51. The molecular formula is C24H25I. The molecule has 1 heteroatoms. The van der Waals surface area contributed by atoms with Crippen molar-refractivity contribution in [3.63, 3.8) is 0 Å². The molecule has 0 heterocycles. The summed E-state index contributed by atoms with van der Waals surface area (Å²) in [5.74, 6) is 0. The molecular weight excluding hydrogens is 415 g/mol. The summed E-state index contributed by atoms with van der Waals surface area (Å²) in [5.41, 5.74) is 7.35. The van der Waals surface area contributed by atoms with Crippen LogP contribution in [0.4, 0.5) is 0 Å². The average molecular weight is 440 g/mol. The van der Waals surface area contributed by atoms with Crippen molar-refractivity contribution in [2.75, 3.05) is 4.93 Å². The summed E-state index contributed by atoms with van der Waals surface area (Å²) in [6.07, 6.45) is 4.58. The van der Waals surface area contributed by atoms with Crippen LogP contribution in [0, 0.1) is 14.1 Å². The monoisotopic (exact) mass is 440 g/mol. The van der Waals surface area contributed by atoms with Crippen molar-refractivity contribution in [1.29, 1.82) is 0 Å². The molecule has 4 bridgehead atoms. The minimum absolute atomic E-state index is 1.14. The van der Waals surface area contributed by atoms with E-state index >= 15 is 0 Å². The van der Waals surface area contributed by atoms with Crippen molar-refractivity contribution >= 4 is 19.8 Å². The molecule has 3 aromatic rings. The molecule has 0 amide bonds. The first kappa shape index (κ1) is 16.8. The van der Waals surface area contributed by atoms with E-state index in [1.165, 1.54) is 22.3 Å². The van der Waals surface area contributed by atoms with Crippen LogP contribution < -0.4 is 0 Å². The zero-order chi connectivity index (χ0) is 17.2. The molecule has 0 spiro atoms. The van der Waals surface area contributed by atoms with Crippen LogP contribution in [0.3, 0.4) is 0 Å². The van der Waals surface area contributed by atoms with E-state index in [1.54, 1.807) is 12.7 Å². The Bertz CT molecular complexity index is 860. The third-order valence-corrected chi connectivity index (χ3v) is 10.5. The van der Waals surface area contributed by atoms with E-state index in [9.17, 15) is 0 Å². The van der Waals surface area contributed by atoms with Gasteiger partial charge in [-0.2, -0.15) is 0 Å². The first-order chi connectivity index (χ1) is 12.2. The number of rotatable bonds is 2. The van der Waals surface area contributed by atoms with Crippen molar-refractivity contribution < 1.29 is 0 Å². The molecule has 4 aliphatic carbocycles. The Balaban J connectivity index is 1.72. The maximum atomic E-state index is 2.54. The summed E-state index contributed by atoms with van der Waals surface area (Å²) in [6, 6.07) is 25.9. The van der Waals surface area contributed by atoms with E-state index in [2.05, 4.69) is 78.6 Å². The SMILES string of the molecule is Cc1ccc(I(C)c2cc3ccc2CCc2ccc(cc2)CC3)cc1. The zero-order valence-electron chi connectivity index (χ0n) is 15.1. The maximum absolute atomic E-state index is 2.54. The van der Waals surface area contributed by atoms with Gasteiger partial charge in [0.15, 0.2) is 0 Å². The predicted octanol–water partition coefficient (Wildman–Crippen LogP) is 6.05. The molecule has 0 saturated heterocycles. The molecule has 25 heavy (non-hydrogen) atoms. The van der Waals surface area contributed by atoms with Crippen molar-refractivity contribution in [3.05, 3.63) is 102 Å². The Morgan fingerprint density at radius 3 is 1.88 bits per heavy atom. The van der Waals surface area contributed by atoms with Crippen molar-refractivity contribution in [2.24, 2.45) is 0 Å². The second-order valence-corrected chi connectivity index (χ2v) is 12.1. The summed E-state index contributed by atoms with van der Waals surface area (Å²) < 4.78 is 3.24. The fourth-order valence-corrected chi connectivity index (χ4v) is 7.96. The molecule has 0 radical (unpaired) electrons. The third kappa shape index (κ3) is 3.82. The van der Waals surface area contributed by atoms with Gasteiger partial charge in [0.1, 0.15) is 0 Å². The van der Waals surface area contributed by atoms with Crippen LogP contribution in [-0.2, 0) is 25.7 Å². The number of halogens is 1. The van der Waals surface area contributed by atoms with Crippen molar-refractivity contribution in [2.45, 2.75) is 32.6 Å². The summed E-state index contributed by atoms with van der Waals surface area (Å²) in [7, 11) is 0. The van der Waals surface area contributed by atoms with Crippen molar-refractivity contribution in [1.82, 2.24) is 0 Å². The number of aryl methyl sites for hydroxylation is 5. The van der Waals surface area contributed by atoms with Gasteiger partial charge in [-0.1, -0.05) is 0 Å². The molecule has 0 fully saturated rings. The number of hydrogen-bond acceptors (Lipinski definition) is 0. The minimum atomic E-state index is -1.34. The van der Waals surface area contributed by atoms with Gasteiger partial charge in [-0.25, -0.2) is 0 Å². The number of alkyl halides is 1. The Morgan fingerprint density at radius 1 is 0.640 bits per heavy atom. The van der Waals surface area contributed by atoms with Gasteiger partial charge in [0.25, 0.3) is 0 Å². The molecule has 7 rings (SSSR count). The van der Waals surface area contributed by atoms with Crippen LogP contribution >= 0.6 is 19.8 Å². The van der Waals surface area contributed by atoms with Gasteiger partial charge >= 0.3 is 159 Å². The molecule has 0 saturated carbocycles. The summed E-state index contributed by atoms with van der Waals surface area (Å²) in [6.45, 7) is 2.17. The Morgan fingerprint density at radius 2 is 1.20 bits per heavy atom. The Labute approximate surface area is 158 Å². The van der Waals surface area contributed by atoms with E-state index in [0.717, 1.165) is 25.7 Å². The molecule has 0 N–H and O–H groups in total. The molecule has 3 aromatic carbocycles. The van der Waals surface area contributed by atoms with Crippen molar-refractivity contribution in [3.8, 4) is 0 Å². The summed E-state index contributed by atoms with van der Waals surface area (Å²) >= 11 is -1.34. The second kappa shape index (κ2) is 7.33. The normalized spacial score (nSPS) is 14.1. The van der Waals surface area contributed by atoms with Crippen LogP contribution in [0.2, 0.25) is 0 Å². The zero-order valence-corrected chi connectivity index (χ0v) is 17.2. The third-order valence-electron chi connectivity index (χ3n) is 5.17. The fourth-order valence-electron chi connectivity index (χ4n) is 3.49. The van der Waals surface area contributed by atoms with E-state index < -0.39 is 19.8 Å². The van der Waals surface area contributed by atoms with E-state index in [-0.39, 0.29) is 0 Å². The molecule has 0 nitrogen and oxygen atoms in total. The Hall–Kier alpha value is -1.61. The van der Waals surface area contributed by atoms with Crippen LogP contribution in [-0.4, -0.2) is 4.93 Å². The van der Waals surface area contributed by atoms with Gasteiger partial charge in [-0.05, 0) is 0 Å². The van der Waals surface area contributed by atoms with Gasteiger partial charge in [0.2, 0.25) is 0 Å². The molecule has 4 aliphatic rings. The molecule has 128 valence electrons.